The fourth-order valence-corrected chi connectivity index (χ4v) is 3.88. The fraction of sp³-hybridized carbons (Fsp3) is 0.136. The van der Waals surface area contributed by atoms with Gasteiger partial charge in [0, 0.05) is 10.7 Å². The first-order valence-corrected chi connectivity index (χ1v) is 10.2. The van der Waals surface area contributed by atoms with Crippen molar-refractivity contribution in [3.05, 3.63) is 75.1 Å². The van der Waals surface area contributed by atoms with Crippen LogP contribution in [-0.4, -0.2) is 18.4 Å². The molecule has 152 valence electrons. The van der Waals surface area contributed by atoms with E-state index < -0.39 is 5.91 Å². The molecule has 30 heavy (non-hydrogen) atoms. The minimum absolute atomic E-state index is 0.242. The van der Waals surface area contributed by atoms with Crippen molar-refractivity contribution in [1.82, 2.24) is 0 Å². The average molecular weight is 440 g/mol. The molecule has 0 aliphatic rings. The normalized spacial score (nSPS) is 10.2. The molecule has 0 bridgehead atoms. The summed E-state index contributed by atoms with van der Waals surface area (Å²) in [6.45, 7) is 3.33. The lowest BCUT2D eigenvalue weighted by Gasteiger charge is -2.07. The number of halogens is 1. The van der Waals surface area contributed by atoms with Gasteiger partial charge in [0.15, 0.2) is 6.61 Å². The van der Waals surface area contributed by atoms with Gasteiger partial charge in [-0.15, -0.1) is 11.3 Å². The van der Waals surface area contributed by atoms with Crippen LogP contribution >= 0.6 is 22.9 Å². The van der Waals surface area contributed by atoms with Gasteiger partial charge in [0.05, 0.1) is 10.4 Å². The second-order valence-electron chi connectivity index (χ2n) is 6.43. The van der Waals surface area contributed by atoms with Gasteiger partial charge in [-0.2, -0.15) is 5.26 Å². The van der Waals surface area contributed by atoms with Gasteiger partial charge in [0.1, 0.15) is 16.8 Å². The van der Waals surface area contributed by atoms with Crippen LogP contribution in [0.5, 0.6) is 5.75 Å². The Morgan fingerprint density at radius 2 is 1.80 bits per heavy atom. The Balaban J connectivity index is 1.71. The number of ether oxygens (including phenoxy) is 1. The van der Waals surface area contributed by atoms with Crippen LogP contribution in [0.1, 0.15) is 26.4 Å². The van der Waals surface area contributed by atoms with Gasteiger partial charge in [0.2, 0.25) is 0 Å². The van der Waals surface area contributed by atoms with Crippen molar-refractivity contribution in [2.24, 2.45) is 0 Å². The van der Waals surface area contributed by atoms with E-state index in [1.54, 1.807) is 37.3 Å². The number of amides is 2. The molecule has 1 aromatic heterocycles. The molecule has 0 aliphatic heterocycles. The van der Waals surface area contributed by atoms with E-state index in [0.29, 0.717) is 31.9 Å². The molecule has 0 fully saturated rings. The summed E-state index contributed by atoms with van der Waals surface area (Å²) in [5.74, 6) is -0.273. The third kappa shape index (κ3) is 4.98. The molecule has 8 heteroatoms. The van der Waals surface area contributed by atoms with E-state index in [4.69, 9.17) is 16.3 Å². The Morgan fingerprint density at radius 3 is 2.47 bits per heavy atom. The smallest absolute Gasteiger partial charge is 0.266 e. The van der Waals surface area contributed by atoms with Crippen molar-refractivity contribution >= 4 is 45.4 Å². The molecule has 1 heterocycles. The second kappa shape index (κ2) is 9.44. The van der Waals surface area contributed by atoms with Crippen molar-refractivity contribution in [2.75, 3.05) is 17.2 Å². The topological polar surface area (TPSA) is 91.2 Å². The minimum Gasteiger partial charge on any atom is -0.484 e. The number of carbonyl (C=O) groups excluding carboxylic acids is 2. The largest absolute Gasteiger partial charge is 0.484 e. The molecule has 2 amide bonds. The molecule has 6 nitrogen and oxygen atoms in total. The van der Waals surface area contributed by atoms with Crippen LogP contribution in [0.15, 0.2) is 48.5 Å². The predicted molar refractivity (Wildman–Crippen MR) is 118 cm³/mol. The van der Waals surface area contributed by atoms with Gasteiger partial charge in [-0.05, 0) is 55.3 Å². The summed E-state index contributed by atoms with van der Waals surface area (Å²) in [4.78, 5) is 25.4. The summed E-state index contributed by atoms with van der Waals surface area (Å²) in [6, 6.07) is 16.1. The highest BCUT2D eigenvalue weighted by atomic mass is 35.5. The van der Waals surface area contributed by atoms with Gasteiger partial charge in [-0.1, -0.05) is 29.8 Å². The van der Waals surface area contributed by atoms with E-state index in [0.717, 1.165) is 16.9 Å². The lowest BCUT2D eigenvalue weighted by Crippen LogP contribution is -2.20. The van der Waals surface area contributed by atoms with Crippen LogP contribution in [0.25, 0.3) is 0 Å². The Hall–Kier alpha value is -3.34. The van der Waals surface area contributed by atoms with Crippen LogP contribution in [-0.2, 0) is 4.79 Å². The number of hydrogen-bond acceptors (Lipinski definition) is 5. The van der Waals surface area contributed by atoms with Gasteiger partial charge in [-0.25, -0.2) is 0 Å². The van der Waals surface area contributed by atoms with Crippen molar-refractivity contribution in [2.45, 2.75) is 13.8 Å². The van der Waals surface area contributed by atoms with Crippen LogP contribution in [0.4, 0.5) is 10.7 Å². The van der Waals surface area contributed by atoms with Gasteiger partial charge in [0.25, 0.3) is 11.8 Å². The molecule has 3 rings (SSSR count). The van der Waals surface area contributed by atoms with Crippen molar-refractivity contribution in [3.8, 4) is 11.8 Å². The second-order valence-corrected chi connectivity index (χ2v) is 7.89. The Labute approximate surface area is 183 Å². The number of aryl methyl sites for hydroxylation is 1. The first-order chi connectivity index (χ1) is 14.4. The summed E-state index contributed by atoms with van der Waals surface area (Å²) in [5.41, 5.74) is 2.39. The molecule has 3 aromatic rings. The number of hydrogen-bond donors (Lipinski definition) is 2. The number of carbonyl (C=O) groups is 2. The number of para-hydroxylation sites is 1. The predicted octanol–water partition coefficient (Wildman–Crippen LogP) is 5.16. The minimum atomic E-state index is -0.437. The zero-order chi connectivity index (χ0) is 21.7. The maximum Gasteiger partial charge on any atom is 0.266 e. The average Bonchev–Trinajstić information content (AvgIpc) is 3.04. The molecule has 0 spiro atoms. The zero-order valence-corrected chi connectivity index (χ0v) is 17.9. The summed E-state index contributed by atoms with van der Waals surface area (Å²) < 4.78 is 5.42. The van der Waals surface area contributed by atoms with E-state index in [9.17, 15) is 14.9 Å². The highest BCUT2D eigenvalue weighted by Crippen LogP contribution is 2.33. The van der Waals surface area contributed by atoms with Gasteiger partial charge in [-0.3, -0.25) is 9.59 Å². The lowest BCUT2D eigenvalue weighted by atomic mass is 10.1. The third-order valence-corrected chi connectivity index (χ3v) is 5.75. The standard InChI is InChI=1S/C22H18ClN3O3S/c1-13-5-3-4-6-18(13)25-21(28)20-14(2)17(11-24)22(30-20)26-19(27)12-29-16-9-7-15(23)8-10-16/h3-10H,12H2,1-2H3,(H,25,28)(H,26,27). The highest BCUT2D eigenvalue weighted by Gasteiger charge is 2.22. The van der Waals surface area contributed by atoms with Crippen molar-refractivity contribution in [3.63, 3.8) is 0 Å². The number of nitrogens with zero attached hydrogens (tertiary/aromatic N) is 1. The molecule has 0 saturated carbocycles. The van der Waals surface area contributed by atoms with E-state index in [2.05, 4.69) is 16.7 Å². The fourth-order valence-electron chi connectivity index (χ4n) is 2.69. The van der Waals surface area contributed by atoms with Crippen LogP contribution in [0.2, 0.25) is 5.02 Å². The molecule has 0 radical (unpaired) electrons. The molecular formula is C22H18ClN3O3S. The number of anilines is 2. The summed E-state index contributed by atoms with van der Waals surface area (Å²) >= 11 is 6.88. The van der Waals surface area contributed by atoms with Crippen LogP contribution < -0.4 is 15.4 Å². The van der Waals surface area contributed by atoms with E-state index in [-0.39, 0.29) is 18.1 Å². The monoisotopic (exact) mass is 439 g/mol. The molecule has 2 N–H and O–H groups in total. The quantitative estimate of drug-likeness (QED) is 0.555. The first-order valence-electron chi connectivity index (χ1n) is 8.97. The summed E-state index contributed by atoms with van der Waals surface area (Å²) in [7, 11) is 0. The zero-order valence-electron chi connectivity index (χ0n) is 16.3. The van der Waals surface area contributed by atoms with E-state index in [1.165, 1.54) is 0 Å². The Kier molecular flexibility index (Phi) is 6.72. The molecule has 0 atom stereocenters. The molecule has 0 aliphatic carbocycles. The van der Waals surface area contributed by atoms with Crippen LogP contribution in [0, 0.1) is 25.2 Å². The van der Waals surface area contributed by atoms with Crippen molar-refractivity contribution < 1.29 is 14.3 Å². The van der Waals surface area contributed by atoms with E-state index in [1.807, 2.05) is 25.1 Å². The van der Waals surface area contributed by atoms with Gasteiger partial charge < -0.3 is 15.4 Å². The third-order valence-electron chi connectivity index (χ3n) is 4.29. The number of thiophene rings is 1. The maximum atomic E-state index is 12.7. The number of rotatable bonds is 6. The Morgan fingerprint density at radius 1 is 1.10 bits per heavy atom. The number of nitriles is 1. The molecule has 2 aromatic carbocycles. The first kappa shape index (κ1) is 21.4. The van der Waals surface area contributed by atoms with Gasteiger partial charge >= 0.3 is 0 Å². The molecule has 0 saturated heterocycles. The lowest BCUT2D eigenvalue weighted by molar-refractivity contribution is -0.118. The van der Waals surface area contributed by atoms with Crippen molar-refractivity contribution in [1.29, 1.82) is 5.26 Å². The highest BCUT2D eigenvalue weighted by molar-refractivity contribution is 7.18. The number of nitrogens with one attached hydrogen (secondary N) is 2. The molecule has 0 unspecified atom stereocenters. The summed E-state index contributed by atoms with van der Waals surface area (Å²) in [6.07, 6.45) is 0. The summed E-state index contributed by atoms with van der Waals surface area (Å²) in [5, 5.41) is 15.9. The SMILES string of the molecule is Cc1ccccc1NC(=O)c1sc(NC(=O)COc2ccc(Cl)cc2)c(C#N)c1C. The number of benzene rings is 2. The molecular weight excluding hydrogens is 422 g/mol. The van der Waals surface area contributed by atoms with E-state index >= 15 is 0 Å². The maximum absolute atomic E-state index is 12.7. The van der Waals surface area contributed by atoms with Crippen LogP contribution in [0.3, 0.4) is 0 Å². The Bertz CT molecular complexity index is 1130.